The zero-order valence-electron chi connectivity index (χ0n) is 16.8. The summed E-state index contributed by atoms with van der Waals surface area (Å²) in [4.78, 5) is 25.0. The van der Waals surface area contributed by atoms with E-state index in [0.717, 1.165) is 22.6 Å². The van der Waals surface area contributed by atoms with Crippen LogP contribution in [0.5, 0.6) is 5.75 Å². The van der Waals surface area contributed by atoms with Crippen molar-refractivity contribution in [3.8, 4) is 5.75 Å². The van der Waals surface area contributed by atoms with Gasteiger partial charge >= 0.3 is 11.9 Å². The summed E-state index contributed by atoms with van der Waals surface area (Å²) in [6.45, 7) is 6.09. The van der Waals surface area contributed by atoms with Crippen LogP contribution in [0.2, 0.25) is 0 Å². The van der Waals surface area contributed by atoms with Crippen LogP contribution in [0.3, 0.4) is 0 Å². The van der Waals surface area contributed by atoms with Gasteiger partial charge in [0.05, 0.1) is 25.9 Å². The van der Waals surface area contributed by atoms with Gasteiger partial charge in [0.25, 0.3) is 0 Å². The molecular formula is C20H24N2O5S2. The maximum absolute atomic E-state index is 12.4. The van der Waals surface area contributed by atoms with E-state index in [2.05, 4.69) is 10.6 Å². The maximum atomic E-state index is 12.4. The number of methoxy groups -OCH3 is 1. The summed E-state index contributed by atoms with van der Waals surface area (Å²) in [5, 5.41) is 6.85. The molecule has 0 aliphatic carbocycles. The van der Waals surface area contributed by atoms with Gasteiger partial charge in [-0.15, -0.1) is 11.3 Å². The van der Waals surface area contributed by atoms with Crippen LogP contribution in [-0.4, -0.2) is 37.4 Å². The molecule has 0 aliphatic heterocycles. The molecule has 1 heterocycles. The largest absolute Gasteiger partial charge is 0.497 e. The zero-order valence-corrected chi connectivity index (χ0v) is 18.4. The molecular weight excluding hydrogens is 412 g/mol. The lowest BCUT2D eigenvalue weighted by Gasteiger charge is -2.11. The average Bonchev–Trinajstić information content (AvgIpc) is 3.03. The van der Waals surface area contributed by atoms with E-state index in [1.54, 1.807) is 27.9 Å². The minimum absolute atomic E-state index is 0.225. The molecule has 0 radical (unpaired) electrons. The van der Waals surface area contributed by atoms with E-state index in [9.17, 15) is 9.59 Å². The highest BCUT2D eigenvalue weighted by atomic mass is 32.1. The van der Waals surface area contributed by atoms with Gasteiger partial charge in [0.2, 0.25) is 0 Å². The van der Waals surface area contributed by atoms with Crippen LogP contribution in [0.25, 0.3) is 0 Å². The van der Waals surface area contributed by atoms with Crippen LogP contribution in [0.4, 0.5) is 5.00 Å². The summed E-state index contributed by atoms with van der Waals surface area (Å²) in [7, 11) is 1.61. The van der Waals surface area contributed by atoms with E-state index in [1.807, 2.05) is 24.3 Å². The molecule has 0 saturated heterocycles. The fraction of sp³-hybridized carbons (Fsp3) is 0.350. The van der Waals surface area contributed by atoms with E-state index < -0.39 is 11.9 Å². The summed E-state index contributed by atoms with van der Waals surface area (Å²) < 4.78 is 15.4. The standard InChI is InChI=1S/C20H24N2O5S2/c1-5-26-18(23)15-12(3)16(19(24)27-6-2)29-17(15)22-20(28)21-11-13-7-9-14(25-4)10-8-13/h7-10H,5-6,11H2,1-4H3,(H2,21,22,28). The second-order valence-electron chi connectivity index (χ2n) is 5.86. The normalized spacial score (nSPS) is 10.2. The van der Waals surface area contributed by atoms with Crippen LogP contribution >= 0.6 is 23.6 Å². The molecule has 7 nitrogen and oxygen atoms in total. The van der Waals surface area contributed by atoms with Gasteiger partial charge in [0, 0.05) is 6.54 Å². The number of ether oxygens (including phenoxy) is 3. The molecule has 0 aliphatic rings. The van der Waals surface area contributed by atoms with Crippen molar-refractivity contribution in [2.75, 3.05) is 25.6 Å². The highest BCUT2D eigenvalue weighted by molar-refractivity contribution is 7.80. The Morgan fingerprint density at radius 1 is 1.07 bits per heavy atom. The van der Waals surface area contributed by atoms with Crippen molar-refractivity contribution in [3.63, 3.8) is 0 Å². The van der Waals surface area contributed by atoms with Gasteiger partial charge in [-0.25, -0.2) is 9.59 Å². The third-order valence-electron chi connectivity index (χ3n) is 3.93. The molecule has 9 heteroatoms. The van der Waals surface area contributed by atoms with Gasteiger partial charge in [-0.05, 0) is 56.2 Å². The Morgan fingerprint density at radius 3 is 2.28 bits per heavy atom. The van der Waals surface area contributed by atoms with Gasteiger partial charge in [-0.2, -0.15) is 0 Å². The molecule has 1 aromatic heterocycles. The quantitative estimate of drug-likeness (QED) is 0.476. The molecule has 0 amide bonds. The van der Waals surface area contributed by atoms with Crippen LogP contribution in [0.15, 0.2) is 24.3 Å². The summed E-state index contributed by atoms with van der Waals surface area (Å²) >= 11 is 6.47. The predicted octanol–water partition coefficient (Wildman–Crippen LogP) is 3.91. The van der Waals surface area contributed by atoms with Crippen LogP contribution < -0.4 is 15.4 Å². The minimum atomic E-state index is -0.516. The molecule has 2 N–H and O–H groups in total. The number of carbonyl (C=O) groups excluding carboxylic acids is 2. The molecule has 0 bridgehead atoms. The molecule has 0 saturated carbocycles. The lowest BCUT2D eigenvalue weighted by molar-refractivity contribution is 0.0527. The van der Waals surface area contributed by atoms with E-state index in [-0.39, 0.29) is 18.8 Å². The summed E-state index contributed by atoms with van der Waals surface area (Å²) in [5.41, 5.74) is 1.80. The number of rotatable bonds is 8. The number of nitrogens with one attached hydrogen (secondary N) is 2. The van der Waals surface area contributed by atoms with Gasteiger partial charge in [0.15, 0.2) is 5.11 Å². The van der Waals surface area contributed by atoms with Crippen molar-refractivity contribution in [2.24, 2.45) is 0 Å². The first kappa shape index (κ1) is 22.6. The summed E-state index contributed by atoms with van der Waals surface area (Å²) in [5.74, 6) is -0.225. The van der Waals surface area contributed by atoms with Gasteiger partial charge in [-0.1, -0.05) is 12.1 Å². The number of benzene rings is 1. The highest BCUT2D eigenvalue weighted by Gasteiger charge is 2.26. The summed E-state index contributed by atoms with van der Waals surface area (Å²) in [6, 6.07) is 7.57. The van der Waals surface area contributed by atoms with Crippen molar-refractivity contribution in [2.45, 2.75) is 27.3 Å². The number of thiocarbonyl (C=S) groups is 1. The number of thiophene rings is 1. The number of hydrogen-bond acceptors (Lipinski definition) is 7. The van der Waals surface area contributed by atoms with Gasteiger partial charge in [0.1, 0.15) is 15.6 Å². The topological polar surface area (TPSA) is 85.9 Å². The van der Waals surface area contributed by atoms with Crippen molar-refractivity contribution in [3.05, 3.63) is 45.8 Å². The molecule has 0 fully saturated rings. The molecule has 0 spiro atoms. The molecule has 2 aromatic rings. The van der Waals surface area contributed by atoms with E-state index in [1.165, 1.54) is 0 Å². The van der Waals surface area contributed by atoms with Crippen LogP contribution in [-0.2, 0) is 16.0 Å². The summed E-state index contributed by atoms with van der Waals surface area (Å²) in [6.07, 6.45) is 0. The van der Waals surface area contributed by atoms with Crippen molar-refractivity contribution >= 4 is 45.6 Å². The Bertz CT molecular complexity index is 878. The minimum Gasteiger partial charge on any atom is -0.497 e. The lowest BCUT2D eigenvalue weighted by atomic mass is 10.1. The first-order valence-electron chi connectivity index (χ1n) is 9.06. The number of hydrogen-bond donors (Lipinski definition) is 2. The van der Waals surface area contributed by atoms with Crippen molar-refractivity contribution in [1.82, 2.24) is 5.32 Å². The molecule has 0 atom stereocenters. The molecule has 29 heavy (non-hydrogen) atoms. The Hall–Kier alpha value is -2.65. The van der Waals surface area contributed by atoms with Gasteiger partial charge in [-0.3, -0.25) is 0 Å². The van der Waals surface area contributed by atoms with Crippen molar-refractivity contribution < 1.29 is 23.8 Å². The predicted molar refractivity (Wildman–Crippen MR) is 117 cm³/mol. The first-order chi connectivity index (χ1) is 13.9. The molecule has 0 unspecified atom stereocenters. The van der Waals surface area contributed by atoms with Crippen LogP contribution in [0.1, 0.15) is 45.0 Å². The van der Waals surface area contributed by atoms with E-state index >= 15 is 0 Å². The Morgan fingerprint density at radius 2 is 1.69 bits per heavy atom. The van der Waals surface area contributed by atoms with Gasteiger partial charge < -0.3 is 24.8 Å². The maximum Gasteiger partial charge on any atom is 0.348 e. The highest BCUT2D eigenvalue weighted by Crippen LogP contribution is 2.34. The van der Waals surface area contributed by atoms with E-state index in [0.29, 0.717) is 27.1 Å². The fourth-order valence-electron chi connectivity index (χ4n) is 2.51. The lowest BCUT2D eigenvalue weighted by Crippen LogP contribution is -2.28. The SMILES string of the molecule is CCOC(=O)c1sc(NC(=S)NCc2ccc(OC)cc2)c(C(=O)OCC)c1C. The van der Waals surface area contributed by atoms with Crippen molar-refractivity contribution in [1.29, 1.82) is 0 Å². The first-order valence-corrected chi connectivity index (χ1v) is 10.3. The zero-order chi connectivity index (χ0) is 21.4. The smallest absolute Gasteiger partial charge is 0.348 e. The Balaban J connectivity index is 2.16. The van der Waals surface area contributed by atoms with E-state index in [4.69, 9.17) is 26.4 Å². The Kier molecular flexibility index (Phi) is 8.41. The average molecular weight is 437 g/mol. The molecule has 1 aromatic carbocycles. The monoisotopic (exact) mass is 436 g/mol. The molecule has 156 valence electrons. The number of carbonyl (C=O) groups is 2. The fourth-order valence-corrected chi connectivity index (χ4v) is 3.85. The number of esters is 2. The second kappa shape index (κ2) is 10.8. The third kappa shape index (κ3) is 5.91. The molecule has 2 rings (SSSR count). The van der Waals surface area contributed by atoms with Crippen LogP contribution in [0, 0.1) is 6.92 Å². The Labute approximate surface area is 179 Å². The second-order valence-corrected chi connectivity index (χ2v) is 7.29. The number of anilines is 1. The third-order valence-corrected chi connectivity index (χ3v) is 5.36.